The van der Waals surface area contributed by atoms with Gasteiger partial charge in [-0.3, -0.25) is 24.0 Å². The molecule has 320 valence electrons. The van der Waals surface area contributed by atoms with Crippen molar-refractivity contribution in [3.8, 4) is 17.3 Å². The van der Waals surface area contributed by atoms with Gasteiger partial charge >= 0.3 is 6.18 Å². The molecule has 11 nitrogen and oxygen atoms in total. The number of aromatic nitrogens is 4. The highest BCUT2D eigenvalue weighted by atomic mass is 32.1. The molecule has 2 aliphatic rings. The molecule has 1 aliphatic carbocycles. The van der Waals surface area contributed by atoms with Crippen molar-refractivity contribution in [2.24, 2.45) is 0 Å². The first-order chi connectivity index (χ1) is 30.4. The molecule has 1 aliphatic heterocycles. The molecule has 6 aromatic rings. The first-order valence-electron chi connectivity index (χ1n) is 20.4. The van der Waals surface area contributed by atoms with Gasteiger partial charge in [-0.25, -0.2) is 14.9 Å². The van der Waals surface area contributed by atoms with Crippen LogP contribution in [0.3, 0.4) is 0 Å². The lowest BCUT2D eigenvalue weighted by molar-refractivity contribution is -0.143. The Morgan fingerprint density at radius 3 is 2.08 bits per heavy atom. The first kappa shape index (κ1) is 42.8. The molecule has 4 aromatic carbocycles. The summed E-state index contributed by atoms with van der Waals surface area (Å²) in [5, 5.41) is 17.6. The van der Waals surface area contributed by atoms with E-state index in [1.165, 1.54) is 12.1 Å². The summed E-state index contributed by atoms with van der Waals surface area (Å²) >= 11 is 5.64. The van der Waals surface area contributed by atoms with E-state index < -0.39 is 40.3 Å². The molecule has 0 bridgehead atoms. The summed E-state index contributed by atoms with van der Waals surface area (Å²) < 4.78 is 58.7. The number of benzene rings is 4. The Bertz CT molecular complexity index is 2570. The average Bonchev–Trinajstić information content (AvgIpc) is 3.84. The number of pyridine rings is 1. The maximum Gasteiger partial charge on any atom is 0.419 e. The minimum absolute atomic E-state index is 0.0732. The molecule has 63 heavy (non-hydrogen) atoms. The third-order valence-electron chi connectivity index (χ3n) is 11.6. The SMILES string of the molecule is N#Cc1ncc(N2C(=O)C3(CCC3)N(Cc3ccc(-c4cn(CCCCCC(=O)NOC(c5ccccc5)(c5ccccc5)c5ccccc5)nn4)cc3F)C2=S)cc1C(F)(F)F. The zero-order valence-corrected chi connectivity index (χ0v) is 34.6. The number of alkyl halides is 3. The van der Waals surface area contributed by atoms with Crippen molar-refractivity contribution in [3.63, 3.8) is 0 Å². The van der Waals surface area contributed by atoms with Crippen LogP contribution in [0.5, 0.6) is 0 Å². The molecule has 16 heteroatoms. The lowest BCUT2D eigenvalue weighted by atomic mass is 9.75. The molecule has 2 aromatic heterocycles. The van der Waals surface area contributed by atoms with E-state index in [1.54, 1.807) is 27.9 Å². The molecule has 8 rings (SSSR count). The van der Waals surface area contributed by atoms with Gasteiger partial charge in [-0.05, 0) is 73.1 Å². The number of nitrogens with one attached hydrogen (secondary N) is 1. The van der Waals surface area contributed by atoms with E-state index in [4.69, 9.17) is 17.1 Å². The predicted octanol–water partition coefficient (Wildman–Crippen LogP) is 9.03. The molecule has 0 unspecified atom stereocenters. The van der Waals surface area contributed by atoms with E-state index >= 15 is 4.39 Å². The second-order valence-electron chi connectivity index (χ2n) is 15.5. The maximum absolute atomic E-state index is 15.8. The molecule has 2 amide bonds. The van der Waals surface area contributed by atoms with Crippen molar-refractivity contribution in [2.45, 2.75) is 75.4 Å². The van der Waals surface area contributed by atoms with Crippen LogP contribution in [-0.2, 0) is 39.3 Å². The zero-order valence-electron chi connectivity index (χ0n) is 33.8. The van der Waals surface area contributed by atoms with E-state index in [0.29, 0.717) is 56.0 Å². The summed E-state index contributed by atoms with van der Waals surface area (Å²) in [7, 11) is 0. The fourth-order valence-corrected chi connectivity index (χ4v) is 8.63. The minimum Gasteiger partial charge on any atom is -0.329 e. The van der Waals surface area contributed by atoms with Crippen LogP contribution in [0.15, 0.2) is 128 Å². The van der Waals surface area contributed by atoms with Gasteiger partial charge in [0.2, 0.25) is 5.91 Å². The highest BCUT2D eigenvalue weighted by Gasteiger charge is 2.59. The lowest BCUT2D eigenvalue weighted by Gasteiger charge is -2.43. The third-order valence-corrected chi connectivity index (χ3v) is 12.0. The normalized spacial score (nSPS) is 14.8. The van der Waals surface area contributed by atoms with Gasteiger partial charge in [0.05, 0.1) is 23.6 Å². The van der Waals surface area contributed by atoms with Crippen LogP contribution >= 0.6 is 12.2 Å². The number of rotatable bonds is 15. The number of carbonyl (C=O) groups excluding carboxylic acids is 2. The van der Waals surface area contributed by atoms with Crippen molar-refractivity contribution in [3.05, 3.63) is 167 Å². The molecule has 0 radical (unpaired) electrons. The van der Waals surface area contributed by atoms with Gasteiger partial charge in [-0.2, -0.15) is 18.4 Å². The van der Waals surface area contributed by atoms with Gasteiger partial charge in [-0.1, -0.05) is 115 Å². The average molecular weight is 873 g/mol. The van der Waals surface area contributed by atoms with E-state index in [0.717, 1.165) is 34.2 Å². The number of anilines is 1. The van der Waals surface area contributed by atoms with Gasteiger partial charge in [0.15, 0.2) is 16.4 Å². The minimum atomic E-state index is -4.89. The Balaban J connectivity index is 0.865. The number of aryl methyl sites for hydroxylation is 1. The summed E-state index contributed by atoms with van der Waals surface area (Å²) in [5.41, 5.74) is 1.94. The number of thiocarbonyl (C=S) groups is 1. The third kappa shape index (κ3) is 8.41. The van der Waals surface area contributed by atoms with Gasteiger partial charge in [-0.15, -0.1) is 5.10 Å². The summed E-state index contributed by atoms with van der Waals surface area (Å²) in [6, 6.07) is 36.0. The van der Waals surface area contributed by atoms with Gasteiger partial charge in [0, 0.05) is 30.6 Å². The maximum atomic E-state index is 15.8. The zero-order chi connectivity index (χ0) is 44.2. The lowest BCUT2D eigenvalue weighted by Crippen LogP contribution is -2.54. The van der Waals surface area contributed by atoms with Gasteiger partial charge in [0.25, 0.3) is 5.91 Å². The Labute approximate surface area is 365 Å². The van der Waals surface area contributed by atoms with Gasteiger partial charge < -0.3 is 4.90 Å². The number of hydrogen-bond acceptors (Lipinski definition) is 8. The van der Waals surface area contributed by atoms with Crippen LogP contribution in [0, 0.1) is 17.1 Å². The number of hydrogen-bond donors (Lipinski definition) is 1. The van der Waals surface area contributed by atoms with E-state index in [2.05, 4.69) is 20.8 Å². The second-order valence-corrected chi connectivity index (χ2v) is 15.8. The topological polar surface area (TPSA) is 129 Å². The standard InChI is InChI=1S/C47H40F4N8O3S/c48-39-26-32(21-22-33(39)30-58-44(63)59(43(61)45(58)23-13-24-45)37-27-38(47(49,50)51)40(28-52)53-29-37)41-31-57(56-54-41)25-12-4-11-20-42(60)55-62-46(34-14-5-1-6-15-34,35-16-7-2-8-17-35)36-18-9-3-10-19-36/h1-3,5-10,14-19,21-22,26-27,29,31H,4,11-13,20,23-25,30H2,(H,55,60). The highest BCUT2D eigenvalue weighted by molar-refractivity contribution is 7.80. The van der Waals surface area contributed by atoms with Crippen molar-refractivity contribution < 1.29 is 32.0 Å². The smallest absolute Gasteiger partial charge is 0.329 e. The number of halogens is 4. The highest BCUT2D eigenvalue weighted by Crippen LogP contribution is 2.47. The van der Waals surface area contributed by atoms with Crippen molar-refractivity contribution in [2.75, 3.05) is 4.90 Å². The number of nitrogens with zero attached hydrogens (tertiary/aromatic N) is 7. The van der Waals surface area contributed by atoms with Crippen molar-refractivity contribution in [1.82, 2.24) is 30.4 Å². The summed E-state index contributed by atoms with van der Waals surface area (Å²) in [6.07, 6.45) is 1.56. The van der Waals surface area contributed by atoms with Crippen LogP contribution in [-0.4, -0.2) is 47.3 Å². The number of unbranched alkanes of at least 4 members (excludes halogenated alkanes) is 2. The molecule has 2 fully saturated rings. The molecule has 0 atom stereocenters. The largest absolute Gasteiger partial charge is 0.419 e. The fraction of sp³-hybridized carbons (Fsp3) is 0.255. The molecule has 1 saturated heterocycles. The van der Waals surface area contributed by atoms with E-state index in [9.17, 15) is 28.0 Å². The number of amides is 2. The fourth-order valence-electron chi connectivity index (χ4n) is 8.20. The quantitative estimate of drug-likeness (QED) is 0.0354. The van der Waals surface area contributed by atoms with Crippen LogP contribution in [0.1, 0.15) is 78.5 Å². The molecule has 3 heterocycles. The van der Waals surface area contributed by atoms with Crippen molar-refractivity contribution in [1.29, 1.82) is 5.26 Å². The predicted molar refractivity (Wildman–Crippen MR) is 228 cm³/mol. The summed E-state index contributed by atoms with van der Waals surface area (Å²) in [4.78, 5) is 39.6. The van der Waals surface area contributed by atoms with E-state index in [-0.39, 0.29) is 35.2 Å². The Kier molecular flexibility index (Phi) is 12.2. The number of nitriles is 1. The van der Waals surface area contributed by atoms with Crippen LogP contribution in [0.25, 0.3) is 11.3 Å². The summed E-state index contributed by atoms with van der Waals surface area (Å²) in [6.45, 7) is 0.414. The monoisotopic (exact) mass is 872 g/mol. The summed E-state index contributed by atoms with van der Waals surface area (Å²) in [5.74, 6) is -1.35. The van der Waals surface area contributed by atoms with Crippen molar-refractivity contribution >= 4 is 34.8 Å². The molecule has 1 N–H and O–H groups in total. The van der Waals surface area contributed by atoms with E-state index in [1.807, 2.05) is 91.0 Å². The Morgan fingerprint density at radius 1 is 0.889 bits per heavy atom. The van der Waals surface area contributed by atoms with Gasteiger partial charge in [0.1, 0.15) is 23.1 Å². The van der Waals surface area contributed by atoms with Crippen LogP contribution < -0.4 is 10.4 Å². The molecular weight excluding hydrogens is 833 g/mol. The molecular formula is C47H40F4N8O3S. The van der Waals surface area contributed by atoms with Crippen LogP contribution in [0.2, 0.25) is 0 Å². The van der Waals surface area contributed by atoms with Crippen LogP contribution in [0.4, 0.5) is 23.2 Å². The number of hydroxylamine groups is 1. The molecule has 1 spiro atoms. The molecule has 1 saturated carbocycles. The second kappa shape index (κ2) is 17.9. The first-order valence-corrected chi connectivity index (χ1v) is 20.8. The Morgan fingerprint density at radius 2 is 1.52 bits per heavy atom. The number of carbonyl (C=O) groups is 2. The Hall–Kier alpha value is -6.83.